The van der Waals surface area contributed by atoms with Crippen LogP contribution in [0.2, 0.25) is 0 Å². The standard InChI is InChI=1S/C14H20N2O3/c15-13(9-17)11-3-5-12(6-4-11)19-10-14(18)16-7-1-2-8-16/h3-6,13,17H,1-2,7-10,15H2/t13-/m1/s1. The first kappa shape index (κ1) is 13.8. The number of aliphatic hydroxyl groups is 1. The van der Waals surface area contributed by atoms with E-state index in [9.17, 15) is 4.79 Å². The molecule has 0 bridgehead atoms. The van der Waals surface area contributed by atoms with Crippen LogP contribution in [0.1, 0.15) is 24.4 Å². The van der Waals surface area contributed by atoms with Gasteiger partial charge in [-0.2, -0.15) is 0 Å². The lowest BCUT2D eigenvalue weighted by atomic mass is 10.1. The molecule has 0 saturated carbocycles. The summed E-state index contributed by atoms with van der Waals surface area (Å²) in [6.07, 6.45) is 2.17. The van der Waals surface area contributed by atoms with Gasteiger partial charge in [0.2, 0.25) is 0 Å². The molecule has 19 heavy (non-hydrogen) atoms. The van der Waals surface area contributed by atoms with Crippen LogP contribution >= 0.6 is 0 Å². The van der Waals surface area contributed by atoms with Gasteiger partial charge in [0.1, 0.15) is 5.75 Å². The number of hydrogen-bond donors (Lipinski definition) is 2. The molecule has 1 fully saturated rings. The van der Waals surface area contributed by atoms with Crippen molar-refractivity contribution in [3.8, 4) is 5.75 Å². The normalized spacial score (nSPS) is 16.4. The summed E-state index contributed by atoms with van der Waals surface area (Å²) in [5, 5.41) is 8.95. The fourth-order valence-corrected chi connectivity index (χ4v) is 2.12. The minimum Gasteiger partial charge on any atom is -0.484 e. The monoisotopic (exact) mass is 264 g/mol. The SMILES string of the molecule is N[C@H](CO)c1ccc(OCC(=O)N2CCCC2)cc1. The van der Waals surface area contributed by atoms with Gasteiger partial charge < -0.3 is 20.5 Å². The third kappa shape index (κ3) is 3.68. The maximum Gasteiger partial charge on any atom is 0.260 e. The van der Waals surface area contributed by atoms with Gasteiger partial charge in [-0.25, -0.2) is 0 Å². The lowest BCUT2D eigenvalue weighted by molar-refractivity contribution is -0.132. The molecule has 1 aromatic rings. The van der Waals surface area contributed by atoms with Crippen LogP contribution in [0, 0.1) is 0 Å². The van der Waals surface area contributed by atoms with Gasteiger partial charge in [-0.05, 0) is 30.5 Å². The molecule has 1 amide bonds. The number of rotatable bonds is 5. The zero-order valence-electron chi connectivity index (χ0n) is 10.9. The summed E-state index contributed by atoms with van der Waals surface area (Å²) in [6, 6.07) is 6.76. The molecule has 0 radical (unpaired) electrons. The van der Waals surface area contributed by atoms with Crippen LogP contribution in [0.5, 0.6) is 5.75 Å². The fraction of sp³-hybridized carbons (Fsp3) is 0.500. The summed E-state index contributed by atoms with van der Waals surface area (Å²) in [5.41, 5.74) is 6.55. The highest BCUT2D eigenvalue weighted by Gasteiger charge is 2.18. The molecule has 104 valence electrons. The first-order valence-corrected chi connectivity index (χ1v) is 6.57. The number of nitrogens with zero attached hydrogens (tertiary/aromatic N) is 1. The second kappa shape index (κ2) is 6.54. The molecule has 1 aromatic carbocycles. The molecule has 1 aliphatic rings. The number of ether oxygens (including phenoxy) is 1. The zero-order chi connectivity index (χ0) is 13.7. The van der Waals surface area contributed by atoms with E-state index in [0.717, 1.165) is 31.5 Å². The number of nitrogens with two attached hydrogens (primary N) is 1. The number of likely N-dealkylation sites (tertiary alicyclic amines) is 1. The van der Waals surface area contributed by atoms with Crippen LogP contribution in [0.15, 0.2) is 24.3 Å². The summed E-state index contributed by atoms with van der Waals surface area (Å²) >= 11 is 0. The van der Waals surface area contributed by atoms with E-state index in [4.69, 9.17) is 15.6 Å². The number of aliphatic hydroxyl groups excluding tert-OH is 1. The van der Waals surface area contributed by atoms with Gasteiger partial charge in [0, 0.05) is 13.1 Å². The quantitative estimate of drug-likeness (QED) is 0.820. The molecule has 1 heterocycles. The fourth-order valence-electron chi connectivity index (χ4n) is 2.12. The van der Waals surface area contributed by atoms with E-state index in [2.05, 4.69) is 0 Å². The Hall–Kier alpha value is -1.59. The highest BCUT2D eigenvalue weighted by molar-refractivity contribution is 5.78. The Kier molecular flexibility index (Phi) is 4.76. The van der Waals surface area contributed by atoms with Crippen molar-refractivity contribution in [3.63, 3.8) is 0 Å². The molecule has 0 spiro atoms. The van der Waals surface area contributed by atoms with Crippen LogP contribution in [-0.4, -0.2) is 42.2 Å². The Morgan fingerprint density at radius 1 is 1.32 bits per heavy atom. The van der Waals surface area contributed by atoms with Crippen molar-refractivity contribution in [2.24, 2.45) is 5.73 Å². The maximum absolute atomic E-state index is 11.8. The largest absolute Gasteiger partial charge is 0.484 e. The van der Waals surface area contributed by atoms with Crippen LogP contribution in [0.25, 0.3) is 0 Å². The van der Waals surface area contributed by atoms with Gasteiger partial charge >= 0.3 is 0 Å². The summed E-state index contributed by atoms with van der Waals surface area (Å²) in [5.74, 6) is 0.676. The molecule has 1 saturated heterocycles. The first-order valence-electron chi connectivity index (χ1n) is 6.57. The Bertz CT molecular complexity index is 413. The zero-order valence-corrected chi connectivity index (χ0v) is 10.9. The number of amides is 1. The van der Waals surface area contributed by atoms with Crippen LogP contribution < -0.4 is 10.5 Å². The van der Waals surface area contributed by atoms with E-state index < -0.39 is 0 Å². The van der Waals surface area contributed by atoms with Gasteiger partial charge in [0.25, 0.3) is 5.91 Å². The third-order valence-corrected chi connectivity index (χ3v) is 3.33. The predicted molar refractivity (Wildman–Crippen MR) is 71.8 cm³/mol. The van der Waals surface area contributed by atoms with E-state index in [0.29, 0.717) is 5.75 Å². The van der Waals surface area contributed by atoms with Crippen molar-refractivity contribution < 1.29 is 14.6 Å². The topological polar surface area (TPSA) is 75.8 Å². The second-order valence-electron chi connectivity index (χ2n) is 4.73. The maximum atomic E-state index is 11.8. The van der Waals surface area contributed by atoms with Crippen LogP contribution in [-0.2, 0) is 4.79 Å². The minimum atomic E-state index is -0.375. The highest BCUT2D eigenvalue weighted by Crippen LogP contribution is 2.16. The molecule has 1 aliphatic heterocycles. The van der Waals surface area contributed by atoms with Crippen molar-refractivity contribution in [3.05, 3.63) is 29.8 Å². The van der Waals surface area contributed by atoms with E-state index in [-0.39, 0.29) is 25.2 Å². The molecule has 0 aliphatic carbocycles. The Morgan fingerprint density at radius 2 is 1.95 bits per heavy atom. The summed E-state index contributed by atoms with van der Waals surface area (Å²) < 4.78 is 5.45. The van der Waals surface area contributed by atoms with E-state index >= 15 is 0 Å². The molecule has 3 N–H and O–H groups in total. The summed E-state index contributed by atoms with van der Waals surface area (Å²) in [6.45, 7) is 1.66. The number of hydrogen-bond acceptors (Lipinski definition) is 4. The van der Waals surface area contributed by atoms with E-state index in [1.807, 2.05) is 4.90 Å². The van der Waals surface area contributed by atoms with Crippen molar-refractivity contribution in [2.45, 2.75) is 18.9 Å². The third-order valence-electron chi connectivity index (χ3n) is 3.33. The van der Waals surface area contributed by atoms with Crippen molar-refractivity contribution in [1.29, 1.82) is 0 Å². The van der Waals surface area contributed by atoms with Gasteiger partial charge in [-0.1, -0.05) is 12.1 Å². The highest BCUT2D eigenvalue weighted by atomic mass is 16.5. The van der Waals surface area contributed by atoms with Crippen molar-refractivity contribution in [2.75, 3.05) is 26.3 Å². The molecule has 5 heteroatoms. The molecule has 0 unspecified atom stereocenters. The Morgan fingerprint density at radius 3 is 2.53 bits per heavy atom. The van der Waals surface area contributed by atoms with Gasteiger partial charge in [0.05, 0.1) is 12.6 Å². The number of carbonyl (C=O) groups excluding carboxylic acids is 1. The average molecular weight is 264 g/mol. The van der Waals surface area contributed by atoms with Gasteiger partial charge in [-0.3, -0.25) is 4.79 Å². The second-order valence-corrected chi connectivity index (χ2v) is 4.73. The number of carbonyl (C=O) groups is 1. The lowest BCUT2D eigenvalue weighted by Gasteiger charge is -2.15. The van der Waals surface area contributed by atoms with Gasteiger partial charge in [-0.15, -0.1) is 0 Å². The molecule has 2 rings (SSSR count). The Labute approximate surface area is 113 Å². The van der Waals surface area contributed by atoms with Gasteiger partial charge in [0.15, 0.2) is 6.61 Å². The average Bonchev–Trinajstić information content (AvgIpc) is 2.98. The smallest absolute Gasteiger partial charge is 0.260 e. The molecule has 0 aromatic heterocycles. The molecular formula is C14H20N2O3. The lowest BCUT2D eigenvalue weighted by Crippen LogP contribution is -2.32. The molecule has 1 atom stereocenters. The van der Waals surface area contributed by atoms with E-state index in [1.54, 1.807) is 24.3 Å². The number of benzene rings is 1. The Balaban J connectivity index is 1.84. The van der Waals surface area contributed by atoms with Crippen LogP contribution in [0.4, 0.5) is 0 Å². The molecule has 5 nitrogen and oxygen atoms in total. The summed E-state index contributed by atoms with van der Waals surface area (Å²) in [7, 11) is 0. The minimum absolute atomic E-state index is 0.0358. The first-order chi connectivity index (χ1) is 9.20. The van der Waals surface area contributed by atoms with Crippen LogP contribution in [0.3, 0.4) is 0 Å². The predicted octanol–water partition coefficient (Wildman–Crippen LogP) is 0.680. The summed E-state index contributed by atoms with van der Waals surface area (Å²) in [4.78, 5) is 13.6. The van der Waals surface area contributed by atoms with Crippen molar-refractivity contribution >= 4 is 5.91 Å². The van der Waals surface area contributed by atoms with E-state index in [1.165, 1.54) is 0 Å². The van der Waals surface area contributed by atoms with Crippen molar-refractivity contribution in [1.82, 2.24) is 4.90 Å². The molecular weight excluding hydrogens is 244 g/mol.